The van der Waals surface area contributed by atoms with Crippen molar-refractivity contribution in [3.05, 3.63) is 65.2 Å². The van der Waals surface area contributed by atoms with Gasteiger partial charge in [-0.3, -0.25) is 4.98 Å². The second-order valence-electron chi connectivity index (χ2n) is 4.78. The molecular formula is C15H15F3N2. The van der Waals surface area contributed by atoms with Crippen LogP contribution in [0.1, 0.15) is 24.6 Å². The van der Waals surface area contributed by atoms with E-state index in [0.717, 1.165) is 12.3 Å². The average molecular weight is 280 g/mol. The van der Waals surface area contributed by atoms with E-state index in [0.29, 0.717) is 17.7 Å². The Morgan fingerprint density at radius 3 is 2.35 bits per heavy atom. The summed E-state index contributed by atoms with van der Waals surface area (Å²) in [7, 11) is 0. The topological polar surface area (TPSA) is 38.9 Å². The maximum Gasteiger partial charge on any atom is 0.141 e. The number of nitrogens with zero attached hydrogens (tertiary/aromatic N) is 1. The first-order valence-electron chi connectivity index (χ1n) is 6.29. The van der Waals surface area contributed by atoms with Crippen LogP contribution in [0.15, 0.2) is 36.5 Å². The molecule has 0 aliphatic carbocycles. The molecule has 1 unspecified atom stereocenters. The number of nitrogens with two attached hydrogens (primary N) is 1. The summed E-state index contributed by atoms with van der Waals surface area (Å²) in [4.78, 5) is 3.97. The van der Waals surface area contributed by atoms with E-state index in [2.05, 4.69) is 4.98 Å². The molecular weight excluding hydrogens is 265 g/mol. The normalized spacial score (nSPS) is 14.1. The largest absolute Gasteiger partial charge is 0.320 e. The van der Waals surface area contributed by atoms with Gasteiger partial charge in [-0.05, 0) is 36.6 Å². The highest BCUT2D eigenvalue weighted by Crippen LogP contribution is 2.26. The fourth-order valence-electron chi connectivity index (χ4n) is 2.07. The van der Waals surface area contributed by atoms with Crippen LogP contribution in [0.3, 0.4) is 0 Å². The van der Waals surface area contributed by atoms with Crippen molar-refractivity contribution in [2.24, 2.45) is 5.73 Å². The van der Waals surface area contributed by atoms with Crippen LogP contribution in [0.5, 0.6) is 0 Å². The predicted molar refractivity (Wildman–Crippen MR) is 70.4 cm³/mol. The van der Waals surface area contributed by atoms with Crippen molar-refractivity contribution in [1.29, 1.82) is 0 Å². The highest BCUT2D eigenvalue weighted by atomic mass is 19.1. The Kier molecular flexibility index (Phi) is 4.09. The Labute approximate surface area is 115 Å². The number of hydrogen-bond acceptors (Lipinski definition) is 2. The van der Waals surface area contributed by atoms with Crippen molar-refractivity contribution in [2.75, 3.05) is 0 Å². The maximum atomic E-state index is 13.7. The summed E-state index contributed by atoms with van der Waals surface area (Å²) in [6.45, 7) is 1.84. The van der Waals surface area contributed by atoms with Crippen molar-refractivity contribution in [1.82, 2.24) is 4.98 Å². The zero-order valence-corrected chi connectivity index (χ0v) is 11.0. The lowest BCUT2D eigenvalue weighted by Crippen LogP contribution is -2.39. The minimum Gasteiger partial charge on any atom is -0.320 e. The molecule has 2 N–H and O–H groups in total. The monoisotopic (exact) mass is 280 g/mol. The molecule has 0 aliphatic rings. The van der Waals surface area contributed by atoms with E-state index in [9.17, 15) is 13.2 Å². The van der Waals surface area contributed by atoms with E-state index in [1.165, 1.54) is 24.3 Å². The zero-order chi connectivity index (χ0) is 14.8. The summed E-state index contributed by atoms with van der Waals surface area (Å²) in [5.74, 6) is -1.74. The van der Waals surface area contributed by atoms with Crippen molar-refractivity contribution in [3.8, 4) is 0 Å². The molecule has 0 bridgehead atoms. The Morgan fingerprint density at radius 2 is 1.80 bits per heavy atom. The van der Waals surface area contributed by atoms with Crippen LogP contribution in [0, 0.1) is 17.5 Å². The average Bonchev–Trinajstić information content (AvgIpc) is 2.42. The first-order chi connectivity index (χ1) is 9.44. The molecule has 1 atom stereocenters. The van der Waals surface area contributed by atoms with Gasteiger partial charge in [0, 0.05) is 6.07 Å². The minimum absolute atomic E-state index is 0.161. The van der Waals surface area contributed by atoms with Gasteiger partial charge in [-0.15, -0.1) is 0 Å². The van der Waals surface area contributed by atoms with Gasteiger partial charge in [-0.25, -0.2) is 13.2 Å². The maximum absolute atomic E-state index is 13.7. The number of pyridine rings is 1. The van der Waals surface area contributed by atoms with Gasteiger partial charge in [-0.1, -0.05) is 13.0 Å². The number of rotatable bonds is 4. The van der Waals surface area contributed by atoms with Crippen LogP contribution in [0.2, 0.25) is 0 Å². The van der Waals surface area contributed by atoms with E-state index in [4.69, 9.17) is 5.73 Å². The van der Waals surface area contributed by atoms with Gasteiger partial charge in [0.15, 0.2) is 0 Å². The lowest BCUT2D eigenvalue weighted by atomic mass is 9.85. The van der Waals surface area contributed by atoms with E-state index in [1.807, 2.05) is 6.92 Å². The summed E-state index contributed by atoms with van der Waals surface area (Å²) >= 11 is 0. The van der Waals surface area contributed by atoms with Gasteiger partial charge in [0.25, 0.3) is 0 Å². The molecule has 106 valence electrons. The summed E-state index contributed by atoms with van der Waals surface area (Å²) in [5, 5.41) is 0. The third-order valence-corrected chi connectivity index (χ3v) is 3.39. The molecule has 2 nitrogen and oxygen atoms in total. The second kappa shape index (κ2) is 5.63. The molecule has 2 aromatic rings. The summed E-state index contributed by atoms with van der Waals surface area (Å²) in [6.07, 6.45) is 1.73. The molecule has 0 radical (unpaired) electrons. The van der Waals surface area contributed by atoms with Gasteiger partial charge in [0.2, 0.25) is 0 Å². The number of hydrogen-bond donors (Lipinski definition) is 1. The first-order valence-corrected chi connectivity index (χ1v) is 6.29. The summed E-state index contributed by atoms with van der Waals surface area (Å²) < 4.78 is 39.5. The Hall–Kier alpha value is -1.88. The summed E-state index contributed by atoms with van der Waals surface area (Å²) in [6, 6.07) is 6.13. The van der Waals surface area contributed by atoms with Crippen molar-refractivity contribution >= 4 is 0 Å². The highest BCUT2D eigenvalue weighted by molar-refractivity contribution is 5.25. The third kappa shape index (κ3) is 2.99. The van der Waals surface area contributed by atoms with Gasteiger partial charge >= 0.3 is 0 Å². The first kappa shape index (κ1) is 14.5. The molecule has 1 aromatic carbocycles. The van der Waals surface area contributed by atoms with Crippen molar-refractivity contribution in [2.45, 2.75) is 25.3 Å². The van der Waals surface area contributed by atoms with Crippen LogP contribution in [0.4, 0.5) is 13.2 Å². The quantitative estimate of drug-likeness (QED) is 0.933. The zero-order valence-electron chi connectivity index (χ0n) is 11.0. The lowest BCUT2D eigenvalue weighted by molar-refractivity contribution is 0.402. The van der Waals surface area contributed by atoms with Crippen LogP contribution >= 0.6 is 0 Å². The molecule has 1 heterocycles. The Morgan fingerprint density at radius 1 is 1.10 bits per heavy atom. The van der Waals surface area contributed by atoms with Gasteiger partial charge in [0.05, 0.1) is 17.4 Å². The van der Waals surface area contributed by atoms with E-state index >= 15 is 0 Å². The van der Waals surface area contributed by atoms with E-state index < -0.39 is 23.0 Å². The molecule has 0 spiro atoms. The molecule has 0 fully saturated rings. The summed E-state index contributed by atoms with van der Waals surface area (Å²) in [5.41, 5.74) is 6.12. The van der Waals surface area contributed by atoms with E-state index in [1.54, 1.807) is 0 Å². The highest BCUT2D eigenvalue weighted by Gasteiger charge is 2.28. The van der Waals surface area contributed by atoms with Crippen LogP contribution in [0.25, 0.3) is 0 Å². The van der Waals surface area contributed by atoms with Crippen LogP contribution in [-0.2, 0) is 12.0 Å². The standard InChI is InChI=1S/C15H15F3N2/c1-2-15(19,14-6-5-12(17)9-20-14)8-10-3-4-11(16)7-13(10)18/h3-7,9H,2,8,19H2,1H3. The van der Waals surface area contributed by atoms with Crippen molar-refractivity contribution in [3.63, 3.8) is 0 Å². The minimum atomic E-state index is -0.924. The molecule has 0 saturated carbocycles. The molecule has 1 aromatic heterocycles. The second-order valence-corrected chi connectivity index (χ2v) is 4.78. The van der Waals surface area contributed by atoms with Crippen molar-refractivity contribution < 1.29 is 13.2 Å². The molecule has 20 heavy (non-hydrogen) atoms. The molecule has 0 amide bonds. The lowest BCUT2D eigenvalue weighted by Gasteiger charge is -2.28. The van der Waals surface area contributed by atoms with Gasteiger partial charge in [-0.2, -0.15) is 0 Å². The van der Waals surface area contributed by atoms with E-state index in [-0.39, 0.29) is 6.42 Å². The van der Waals surface area contributed by atoms with Gasteiger partial charge in [0.1, 0.15) is 17.5 Å². The fourth-order valence-corrected chi connectivity index (χ4v) is 2.07. The molecule has 0 aliphatic heterocycles. The van der Waals surface area contributed by atoms with Crippen LogP contribution < -0.4 is 5.73 Å². The molecule has 5 heteroatoms. The molecule has 2 rings (SSSR count). The smallest absolute Gasteiger partial charge is 0.141 e. The fraction of sp³-hybridized carbons (Fsp3) is 0.267. The number of aromatic nitrogens is 1. The molecule has 0 saturated heterocycles. The van der Waals surface area contributed by atoms with Crippen LogP contribution in [-0.4, -0.2) is 4.98 Å². The third-order valence-electron chi connectivity index (χ3n) is 3.39. The number of benzene rings is 1. The SMILES string of the molecule is CCC(N)(Cc1ccc(F)cc1F)c1ccc(F)cn1. The Balaban J connectivity index is 2.33. The predicted octanol–water partition coefficient (Wildman–Crippen LogP) is 3.31. The van der Waals surface area contributed by atoms with Gasteiger partial charge < -0.3 is 5.73 Å². The number of halogens is 3. The Bertz CT molecular complexity index is 599.